The molecule has 2 N–H and O–H groups in total. The lowest BCUT2D eigenvalue weighted by atomic mass is 9.96. The Morgan fingerprint density at radius 3 is 2.83 bits per heavy atom. The zero-order valence-corrected chi connectivity index (χ0v) is 13.3. The van der Waals surface area contributed by atoms with Crippen LogP contribution >= 0.6 is 0 Å². The highest BCUT2D eigenvalue weighted by Gasteiger charge is 2.41. The van der Waals surface area contributed by atoms with Crippen molar-refractivity contribution in [1.29, 1.82) is 0 Å². The van der Waals surface area contributed by atoms with Crippen molar-refractivity contribution in [2.24, 2.45) is 5.92 Å². The molecule has 2 saturated heterocycles. The summed E-state index contributed by atoms with van der Waals surface area (Å²) in [6.07, 6.45) is 6.24. The molecule has 2 amide bonds. The lowest BCUT2D eigenvalue weighted by Gasteiger charge is -2.20. The van der Waals surface area contributed by atoms with Gasteiger partial charge in [-0.05, 0) is 44.1 Å². The van der Waals surface area contributed by atoms with E-state index in [1.54, 1.807) is 0 Å². The maximum absolute atomic E-state index is 12.1. The second-order valence-electron chi connectivity index (χ2n) is 6.91. The minimum absolute atomic E-state index is 0.122. The lowest BCUT2D eigenvalue weighted by molar-refractivity contribution is 0.0981. The van der Waals surface area contributed by atoms with Crippen LogP contribution in [0.4, 0.5) is 4.79 Å². The standard InChI is InChI=1S/C18H24N2O3/c21-18(20-15-9-14-7-8-17(15)23-14)19-10-13-3-1-2-4-16(13)22-11-12-5-6-12/h1-4,12,14-15,17H,5-11H2,(H2,19,20,21). The van der Waals surface area contributed by atoms with Gasteiger partial charge in [-0.25, -0.2) is 4.79 Å². The highest BCUT2D eigenvalue weighted by molar-refractivity contribution is 5.74. The molecule has 2 bridgehead atoms. The quantitative estimate of drug-likeness (QED) is 0.848. The van der Waals surface area contributed by atoms with Gasteiger partial charge in [0.1, 0.15) is 5.75 Å². The second kappa shape index (κ2) is 6.40. The van der Waals surface area contributed by atoms with E-state index in [1.165, 1.54) is 12.8 Å². The molecule has 3 aliphatic rings. The number of nitrogens with one attached hydrogen (secondary N) is 2. The number of para-hydroxylation sites is 1. The van der Waals surface area contributed by atoms with Gasteiger partial charge in [0.25, 0.3) is 0 Å². The first-order valence-corrected chi connectivity index (χ1v) is 8.68. The molecular weight excluding hydrogens is 292 g/mol. The number of hydrogen-bond acceptors (Lipinski definition) is 3. The van der Waals surface area contributed by atoms with Crippen molar-refractivity contribution in [2.45, 2.75) is 56.9 Å². The largest absolute Gasteiger partial charge is 0.493 e. The van der Waals surface area contributed by atoms with Gasteiger partial charge >= 0.3 is 6.03 Å². The van der Waals surface area contributed by atoms with Crippen LogP contribution in [-0.2, 0) is 11.3 Å². The van der Waals surface area contributed by atoms with Crippen molar-refractivity contribution in [2.75, 3.05) is 6.61 Å². The number of ether oxygens (including phenoxy) is 2. The Morgan fingerprint density at radius 2 is 2.09 bits per heavy atom. The van der Waals surface area contributed by atoms with E-state index in [0.717, 1.165) is 43.1 Å². The fraction of sp³-hybridized carbons (Fsp3) is 0.611. The molecule has 4 rings (SSSR count). The van der Waals surface area contributed by atoms with E-state index in [2.05, 4.69) is 10.6 Å². The Labute approximate surface area is 136 Å². The number of carbonyl (C=O) groups is 1. The summed E-state index contributed by atoms with van der Waals surface area (Å²) in [5, 5.41) is 5.99. The summed E-state index contributed by atoms with van der Waals surface area (Å²) in [6.45, 7) is 1.26. The third-order valence-corrected chi connectivity index (χ3v) is 5.01. The van der Waals surface area contributed by atoms with Crippen LogP contribution < -0.4 is 15.4 Å². The number of fused-ring (bicyclic) bond motifs is 2. The molecule has 124 valence electrons. The predicted molar refractivity (Wildman–Crippen MR) is 86.3 cm³/mol. The zero-order chi connectivity index (χ0) is 15.6. The summed E-state index contributed by atoms with van der Waals surface area (Å²) in [7, 11) is 0. The Bertz CT molecular complexity index is 573. The van der Waals surface area contributed by atoms with Gasteiger partial charge in [-0.15, -0.1) is 0 Å². The molecular formula is C18H24N2O3. The molecule has 2 heterocycles. The van der Waals surface area contributed by atoms with Crippen molar-refractivity contribution >= 4 is 6.03 Å². The molecule has 1 aromatic carbocycles. The third kappa shape index (κ3) is 3.61. The van der Waals surface area contributed by atoms with E-state index in [-0.39, 0.29) is 18.2 Å². The first-order chi connectivity index (χ1) is 11.3. The van der Waals surface area contributed by atoms with Crippen molar-refractivity contribution in [3.05, 3.63) is 29.8 Å². The minimum Gasteiger partial charge on any atom is -0.493 e. The van der Waals surface area contributed by atoms with E-state index in [4.69, 9.17) is 9.47 Å². The van der Waals surface area contributed by atoms with Crippen LogP contribution in [0.3, 0.4) is 0 Å². The van der Waals surface area contributed by atoms with Crippen LogP contribution in [0.5, 0.6) is 5.75 Å². The summed E-state index contributed by atoms with van der Waals surface area (Å²) >= 11 is 0. The molecule has 1 aromatic rings. The highest BCUT2D eigenvalue weighted by atomic mass is 16.5. The zero-order valence-electron chi connectivity index (χ0n) is 13.3. The van der Waals surface area contributed by atoms with Crippen LogP contribution in [0.15, 0.2) is 24.3 Å². The SMILES string of the molecule is O=C(NCc1ccccc1OCC1CC1)NC1CC2CCC1O2. The number of carbonyl (C=O) groups excluding carboxylic acids is 1. The summed E-state index contributed by atoms with van der Waals surface area (Å²) in [6, 6.07) is 7.96. The van der Waals surface area contributed by atoms with E-state index < -0.39 is 0 Å². The van der Waals surface area contributed by atoms with E-state index in [9.17, 15) is 4.79 Å². The van der Waals surface area contributed by atoms with Gasteiger partial charge in [-0.3, -0.25) is 0 Å². The molecule has 1 saturated carbocycles. The molecule has 0 aromatic heterocycles. The number of amides is 2. The molecule has 0 radical (unpaired) electrons. The Balaban J connectivity index is 1.27. The Hall–Kier alpha value is -1.75. The monoisotopic (exact) mass is 316 g/mol. The number of benzene rings is 1. The Morgan fingerprint density at radius 1 is 1.22 bits per heavy atom. The van der Waals surface area contributed by atoms with Crippen molar-refractivity contribution in [1.82, 2.24) is 10.6 Å². The summed E-state index contributed by atoms with van der Waals surface area (Å²) in [5.74, 6) is 1.60. The maximum atomic E-state index is 12.1. The number of hydrogen-bond donors (Lipinski definition) is 2. The number of rotatable bonds is 6. The second-order valence-corrected chi connectivity index (χ2v) is 6.91. The summed E-state index contributed by atoms with van der Waals surface area (Å²) in [5.41, 5.74) is 1.02. The molecule has 3 atom stereocenters. The van der Waals surface area contributed by atoms with E-state index >= 15 is 0 Å². The molecule has 2 aliphatic heterocycles. The average Bonchev–Trinajstić information content (AvgIpc) is 3.17. The van der Waals surface area contributed by atoms with Crippen molar-refractivity contribution < 1.29 is 14.3 Å². The molecule has 5 nitrogen and oxygen atoms in total. The maximum Gasteiger partial charge on any atom is 0.315 e. The van der Waals surface area contributed by atoms with Gasteiger partial charge in [-0.2, -0.15) is 0 Å². The molecule has 0 spiro atoms. The van der Waals surface area contributed by atoms with E-state index in [1.807, 2.05) is 24.3 Å². The lowest BCUT2D eigenvalue weighted by Crippen LogP contribution is -2.46. The van der Waals surface area contributed by atoms with Gasteiger partial charge in [0.2, 0.25) is 0 Å². The van der Waals surface area contributed by atoms with Gasteiger partial charge < -0.3 is 20.1 Å². The normalized spacial score (nSPS) is 28.6. The summed E-state index contributed by atoms with van der Waals surface area (Å²) in [4.78, 5) is 12.1. The molecule has 3 unspecified atom stereocenters. The van der Waals surface area contributed by atoms with E-state index in [0.29, 0.717) is 12.6 Å². The number of urea groups is 1. The van der Waals surface area contributed by atoms with Gasteiger partial charge in [0, 0.05) is 12.1 Å². The fourth-order valence-electron chi connectivity index (χ4n) is 3.47. The fourth-order valence-corrected chi connectivity index (χ4v) is 3.47. The molecule has 1 aliphatic carbocycles. The predicted octanol–water partition coefficient (Wildman–Crippen LogP) is 2.59. The van der Waals surface area contributed by atoms with Crippen molar-refractivity contribution in [3.63, 3.8) is 0 Å². The minimum atomic E-state index is -0.122. The van der Waals surface area contributed by atoms with Gasteiger partial charge in [-0.1, -0.05) is 18.2 Å². The highest BCUT2D eigenvalue weighted by Crippen LogP contribution is 2.34. The first-order valence-electron chi connectivity index (χ1n) is 8.68. The topological polar surface area (TPSA) is 59.6 Å². The van der Waals surface area contributed by atoms with Gasteiger partial charge in [0.15, 0.2) is 0 Å². The van der Waals surface area contributed by atoms with Crippen LogP contribution in [0.2, 0.25) is 0 Å². The summed E-state index contributed by atoms with van der Waals surface area (Å²) < 4.78 is 11.6. The molecule has 3 fully saturated rings. The van der Waals surface area contributed by atoms with Crippen LogP contribution in [-0.4, -0.2) is 30.9 Å². The first kappa shape index (κ1) is 14.8. The van der Waals surface area contributed by atoms with Gasteiger partial charge in [0.05, 0.1) is 24.9 Å². The molecule has 5 heteroatoms. The van der Waals surface area contributed by atoms with Crippen LogP contribution in [0.1, 0.15) is 37.7 Å². The smallest absolute Gasteiger partial charge is 0.315 e. The average molecular weight is 316 g/mol. The van der Waals surface area contributed by atoms with Crippen LogP contribution in [0.25, 0.3) is 0 Å². The Kier molecular flexibility index (Phi) is 4.12. The van der Waals surface area contributed by atoms with Crippen molar-refractivity contribution in [3.8, 4) is 5.75 Å². The molecule has 23 heavy (non-hydrogen) atoms. The van der Waals surface area contributed by atoms with Crippen LogP contribution in [0, 0.1) is 5.92 Å². The third-order valence-electron chi connectivity index (χ3n) is 5.01.